The zero-order valence-electron chi connectivity index (χ0n) is 35.4. The Kier molecular flexibility index (Phi) is 11.9. The Morgan fingerprint density at radius 3 is 2.22 bits per heavy atom. The number of methoxy groups -OCH3 is 1. The Bertz CT molecular complexity index is 2190. The van der Waals surface area contributed by atoms with Crippen LogP contribution in [0.25, 0.3) is 33.5 Å². The van der Waals surface area contributed by atoms with Gasteiger partial charge in [-0.1, -0.05) is 47.1 Å². The van der Waals surface area contributed by atoms with Crippen molar-refractivity contribution in [2.24, 2.45) is 11.8 Å². The highest BCUT2D eigenvalue weighted by Gasteiger charge is 2.40. The Morgan fingerprint density at radius 1 is 0.949 bits per heavy atom. The lowest BCUT2D eigenvalue weighted by atomic mass is 10.0. The molecule has 4 aromatic rings. The van der Waals surface area contributed by atoms with Crippen LogP contribution in [0.4, 0.5) is 4.79 Å². The zero-order chi connectivity index (χ0) is 41.5. The second-order valence-corrected chi connectivity index (χ2v) is 17.1. The number of likely N-dealkylation sites (tertiary alicyclic amines) is 2. The number of alkyl carbamates (subject to hydrolysis) is 1. The third-order valence-electron chi connectivity index (χ3n) is 12.7. The summed E-state index contributed by atoms with van der Waals surface area (Å²) in [6, 6.07) is 7.96. The number of nitrogens with one attached hydrogen (secondary N) is 4. The minimum absolute atomic E-state index is 0.00618. The van der Waals surface area contributed by atoms with Crippen molar-refractivity contribution >= 4 is 28.3 Å². The summed E-state index contributed by atoms with van der Waals surface area (Å²) >= 11 is 0. The van der Waals surface area contributed by atoms with E-state index in [1.54, 1.807) is 0 Å². The number of aliphatic hydroxyl groups excluding tert-OH is 2. The van der Waals surface area contributed by atoms with Crippen molar-refractivity contribution in [1.82, 2.24) is 44.9 Å². The molecule has 4 aliphatic rings. The topological polar surface area (TPSA) is 178 Å². The van der Waals surface area contributed by atoms with Crippen LogP contribution in [0.5, 0.6) is 0 Å². The SMILES string of the molecule is CCCC1OC2=C(OCC(c3cnc(C4CCCN4C(O)C(NC)C(C)C)[nH]3)=C2)c2cc3cc(-c4cnc(C5CCCN5C(O)C(NC(=O)OC)C(C)C)[nH]4)ccc3n21. The number of hydrogen-bond acceptors (Lipinski definition) is 11. The van der Waals surface area contributed by atoms with Crippen molar-refractivity contribution < 1.29 is 29.2 Å². The third-order valence-corrected chi connectivity index (χ3v) is 12.7. The molecule has 1 aromatic carbocycles. The Labute approximate surface area is 346 Å². The molecule has 1 amide bonds. The summed E-state index contributed by atoms with van der Waals surface area (Å²) in [6.07, 6.45) is 9.01. The first-order valence-corrected chi connectivity index (χ1v) is 21.4. The number of amides is 1. The van der Waals surface area contributed by atoms with Crippen LogP contribution in [0.3, 0.4) is 0 Å². The number of allylic oxidation sites excluding steroid dienone is 1. The van der Waals surface area contributed by atoms with Crippen LogP contribution in [0, 0.1) is 11.8 Å². The molecule has 0 aliphatic carbocycles. The van der Waals surface area contributed by atoms with E-state index in [-0.39, 0.29) is 36.2 Å². The maximum absolute atomic E-state index is 12.1. The van der Waals surface area contributed by atoms with Gasteiger partial charge in [0.05, 0.1) is 60.2 Å². The number of likely N-dealkylation sites (N-methyl/N-ethyl adjacent to an activating group) is 1. The molecule has 7 heterocycles. The lowest BCUT2D eigenvalue weighted by Gasteiger charge is -2.35. The highest BCUT2D eigenvalue weighted by Crippen LogP contribution is 2.44. The number of ether oxygens (including phenoxy) is 3. The maximum Gasteiger partial charge on any atom is 0.407 e. The number of aromatic nitrogens is 5. The number of aliphatic hydroxyl groups is 2. The average Bonchev–Trinajstić information content (AvgIpc) is 4.08. The van der Waals surface area contributed by atoms with Gasteiger partial charge in [-0.25, -0.2) is 14.8 Å². The number of nitrogens with zero attached hydrogens (tertiary/aromatic N) is 5. The fourth-order valence-corrected chi connectivity index (χ4v) is 9.59. The van der Waals surface area contributed by atoms with E-state index in [9.17, 15) is 15.0 Å². The monoisotopic (exact) mass is 811 g/mol. The van der Waals surface area contributed by atoms with E-state index in [0.717, 1.165) is 102 Å². The summed E-state index contributed by atoms with van der Waals surface area (Å²) in [7, 11) is 3.24. The smallest absolute Gasteiger partial charge is 0.407 e. The van der Waals surface area contributed by atoms with E-state index in [2.05, 4.69) is 81.2 Å². The van der Waals surface area contributed by atoms with Crippen LogP contribution in [0.2, 0.25) is 0 Å². The summed E-state index contributed by atoms with van der Waals surface area (Å²) < 4.78 is 20.4. The van der Waals surface area contributed by atoms with Gasteiger partial charge in [-0.2, -0.15) is 0 Å². The molecule has 2 saturated heterocycles. The molecule has 7 atom stereocenters. The first-order valence-electron chi connectivity index (χ1n) is 21.4. The number of rotatable bonds is 14. The molecule has 4 aliphatic heterocycles. The van der Waals surface area contributed by atoms with Crippen LogP contribution in [-0.4, -0.2) is 109 Å². The largest absolute Gasteiger partial charge is 0.483 e. The van der Waals surface area contributed by atoms with Crippen LogP contribution in [-0.2, 0) is 14.2 Å². The van der Waals surface area contributed by atoms with E-state index < -0.39 is 24.6 Å². The van der Waals surface area contributed by atoms with Crippen LogP contribution in [0.1, 0.15) is 114 Å². The molecule has 15 heteroatoms. The van der Waals surface area contributed by atoms with Crippen molar-refractivity contribution in [3.05, 3.63) is 71.5 Å². The lowest BCUT2D eigenvalue weighted by Crippen LogP contribution is -2.54. The predicted molar refractivity (Wildman–Crippen MR) is 225 cm³/mol. The first-order chi connectivity index (χ1) is 28.5. The molecule has 8 rings (SSSR count). The van der Waals surface area contributed by atoms with Gasteiger partial charge in [-0.15, -0.1) is 0 Å². The minimum atomic E-state index is -0.898. The summed E-state index contributed by atoms with van der Waals surface area (Å²) in [6.45, 7) is 12.2. The highest BCUT2D eigenvalue weighted by molar-refractivity contribution is 5.90. The quantitative estimate of drug-likeness (QED) is 0.0831. The summed E-state index contributed by atoms with van der Waals surface area (Å²) in [5.41, 5.74) is 5.79. The van der Waals surface area contributed by atoms with Gasteiger partial charge in [0.15, 0.2) is 17.7 Å². The Morgan fingerprint density at radius 2 is 1.59 bits per heavy atom. The van der Waals surface area contributed by atoms with Crippen LogP contribution in [0.15, 0.2) is 48.5 Å². The number of carbonyl (C=O) groups excluding carboxylic acids is 1. The van der Waals surface area contributed by atoms with E-state index in [0.29, 0.717) is 18.9 Å². The average molecular weight is 812 g/mol. The highest BCUT2D eigenvalue weighted by atomic mass is 16.5. The lowest BCUT2D eigenvalue weighted by molar-refractivity contribution is -0.0440. The Hall–Kier alpha value is -4.67. The van der Waals surface area contributed by atoms with Gasteiger partial charge in [-0.05, 0) is 68.8 Å². The predicted octanol–water partition coefficient (Wildman–Crippen LogP) is 6.40. The van der Waals surface area contributed by atoms with Crippen LogP contribution < -0.4 is 10.6 Å². The molecule has 0 saturated carbocycles. The van der Waals surface area contributed by atoms with Gasteiger partial charge < -0.3 is 49.6 Å². The zero-order valence-corrected chi connectivity index (χ0v) is 35.4. The number of imidazole rings is 2. The van der Waals surface area contributed by atoms with E-state index in [4.69, 9.17) is 24.2 Å². The van der Waals surface area contributed by atoms with Gasteiger partial charge >= 0.3 is 6.09 Å². The minimum Gasteiger partial charge on any atom is -0.483 e. The summed E-state index contributed by atoms with van der Waals surface area (Å²) in [4.78, 5) is 33.0. The van der Waals surface area contributed by atoms with Crippen molar-refractivity contribution in [2.45, 2.75) is 116 Å². The van der Waals surface area contributed by atoms with Crippen molar-refractivity contribution in [3.63, 3.8) is 0 Å². The van der Waals surface area contributed by atoms with E-state index in [1.807, 2.05) is 38.2 Å². The molecule has 318 valence electrons. The van der Waals surface area contributed by atoms with E-state index in [1.165, 1.54) is 7.11 Å². The fraction of sp³-hybridized carbons (Fsp3) is 0.568. The molecule has 6 N–H and O–H groups in total. The summed E-state index contributed by atoms with van der Waals surface area (Å²) in [5, 5.41) is 30.0. The molecule has 2 fully saturated rings. The molecule has 0 spiro atoms. The first kappa shape index (κ1) is 41.1. The molecule has 59 heavy (non-hydrogen) atoms. The number of benzene rings is 1. The number of aromatic amines is 2. The molecule has 0 bridgehead atoms. The second-order valence-electron chi connectivity index (χ2n) is 17.1. The van der Waals surface area contributed by atoms with Gasteiger partial charge in [0.25, 0.3) is 0 Å². The van der Waals surface area contributed by atoms with Gasteiger partial charge in [-0.3, -0.25) is 9.80 Å². The van der Waals surface area contributed by atoms with E-state index >= 15 is 0 Å². The second kappa shape index (κ2) is 17.1. The molecule has 0 radical (unpaired) electrons. The number of H-pyrrole nitrogens is 2. The standard InChI is InChI=1S/C44H61N9O6/c1-8-11-36-53-31-15-14-26(29-21-46-40(48-29)33-13-10-17-52(33)43(55)38(25(4)5)50-44(56)57-7)18-27(31)19-34(53)39-35(59-36)20-28(23-58-39)30-22-47-41(49-30)32-12-9-16-51(32)42(54)37(45-6)24(2)3/h14-15,18-22,24-25,32-33,36-38,42-43,45,54-55H,8-13,16-17,23H2,1-7H3,(H,46,48)(H,47,49)(H,50,56). The Balaban J connectivity index is 1.04. The normalized spacial score (nSPS) is 23.2. The number of fused-ring (bicyclic) bond motifs is 4. The molecule has 3 aromatic heterocycles. The summed E-state index contributed by atoms with van der Waals surface area (Å²) in [5.74, 6) is 3.35. The van der Waals surface area contributed by atoms with Crippen LogP contribution >= 0.6 is 0 Å². The van der Waals surface area contributed by atoms with Gasteiger partial charge in [0.2, 0.25) is 0 Å². The molecular weight excluding hydrogens is 751 g/mol. The molecule has 15 nitrogen and oxygen atoms in total. The third kappa shape index (κ3) is 7.79. The molecular formula is C44H61N9O6. The van der Waals surface area contributed by atoms with Crippen molar-refractivity contribution in [3.8, 4) is 11.3 Å². The number of hydrogen-bond donors (Lipinski definition) is 6. The fourth-order valence-electron chi connectivity index (χ4n) is 9.59. The number of carbonyl (C=O) groups is 1. The maximum atomic E-state index is 12.1. The van der Waals surface area contributed by atoms with Gasteiger partial charge in [0, 0.05) is 42.1 Å². The van der Waals surface area contributed by atoms with Crippen molar-refractivity contribution in [2.75, 3.05) is 33.9 Å². The molecule has 7 unspecified atom stereocenters. The van der Waals surface area contributed by atoms with Gasteiger partial charge in [0.1, 0.15) is 30.7 Å². The van der Waals surface area contributed by atoms with Crippen molar-refractivity contribution in [1.29, 1.82) is 0 Å².